The number of benzene rings is 1. The summed E-state index contributed by atoms with van der Waals surface area (Å²) in [5.74, 6) is 0.231. The highest BCUT2D eigenvalue weighted by Gasteiger charge is 2.46. The highest BCUT2D eigenvalue weighted by Crippen LogP contribution is 2.45. The van der Waals surface area contributed by atoms with Crippen molar-refractivity contribution in [1.29, 1.82) is 0 Å². The molecule has 1 saturated carbocycles. The molecule has 1 fully saturated rings. The molecule has 96 valence electrons. The molecule has 0 bridgehead atoms. The van der Waals surface area contributed by atoms with Crippen LogP contribution in [0.25, 0.3) is 0 Å². The highest BCUT2D eigenvalue weighted by atomic mass is 16.2. The average molecular weight is 244 g/mol. The van der Waals surface area contributed by atoms with Crippen LogP contribution in [0.4, 0.5) is 11.4 Å². The van der Waals surface area contributed by atoms with E-state index in [4.69, 9.17) is 5.73 Å². The van der Waals surface area contributed by atoms with Crippen LogP contribution in [0.2, 0.25) is 0 Å². The second-order valence-electron chi connectivity index (χ2n) is 6.02. The summed E-state index contributed by atoms with van der Waals surface area (Å²) in [7, 11) is 0. The van der Waals surface area contributed by atoms with Crippen molar-refractivity contribution in [2.45, 2.75) is 51.0 Å². The van der Waals surface area contributed by atoms with Gasteiger partial charge in [-0.3, -0.25) is 4.79 Å². The predicted octanol–water partition coefficient (Wildman–Crippen LogP) is 2.84. The molecule has 0 radical (unpaired) electrons. The molecule has 3 rings (SSSR count). The van der Waals surface area contributed by atoms with Crippen molar-refractivity contribution in [3.8, 4) is 0 Å². The lowest BCUT2D eigenvalue weighted by atomic mass is 9.86. The Morgan fingerprint density at radius 1 is 1.28 bits per heavy atom. The molecular formula is C15H20N2O. The first kappa shape index (κ1) is 11.6. The number of hydrogen-bond acceptors (Lipinski definition) is 2. The molecule has 18 heavy (non-hydrogen) atoms. The SMILES string of the molecule is CC1(C)C(=O)N(C2CCCC2)c2cc(N)ccc21. The van der Waals surface area contributed by atoms with E-state index in [-0.39, 0.29) is 5.91 Å². The largest absolute Gasteiger partial charge is 0.399 e. The van der Waals surface area contributed by atoms with Gasteiger partial charge in [0.2, 0.25) is 5.91 Å². The first-order valence-corrected chi connectivity index (χ1v) is 6.75. The van der Waals surface area contributed by atoms with Crippen molar-refractivity contribution >= 4 is 17.3 Å². The minimum absolute atomic E-state index is 0.231. The molecule has 0 unspecified atom stereocenters. The summed E-state index contributed by atoms with van der Waals surface area (Å²) in [5.41, 5.74) is 8.37. The molecule has 0 atom stereocenters. The van der Waals surface area contributed by atoms with Crippen LogP contribution in [0, 0.1) is 0 Å². The minimum atomic E-state index is -0.411. The molecular weight excluding hydrogens is 224 g/mol. The number of nitrogens with two attached hydrogens (primary N) is 1. The summed E-state index contributed by atoms with van der Waals surface area (Å²) < 4.78 is 0. The summed E-state index contributed by atoms with van der Waals surface area (Å²) in [5, 5.41) is 0. The number of fused-ring (bicyclic) bond motifs is 1. The van der Waals surface area contributed by atoms with Gasteiger partial charge >= 0.3 is 0 Å². The molecule has 0 spiro atoms. The topological polar surface area (TPSA) is 46.3 Å². The van der Waals surface area contributed by atoms with Gasteiger partial charge in [0.25, 0.3) is 0 Å². The number of nitrogens with zero attached hydrogens (tertiary/aromatic N) is 1. The van der Waals surface area contributed by atoms with Gasteiger partial charge in [-0.1, -0.05) is 18.9 Å². The molecule has 1 aromatic rings. The lowest BCUT2D eigenvalue weighted by Gasteiger charge is -2.26. The van der Waals surface area contributed by atoms with Gasteiger partial charge in [-0.05, 0) is 44.4 Å². The molecule has 1 amide bonds. The smallest absolute Gasteiger partial charge is 0.237 e. The third-order valence-electron chi connectivity index (χ3n) is 4.40. The molecule has 2 N–H and O–H groups in total. The molecule has 1 heterocycles. The Bertz CT molecular complexity index is 501. The molecule has 3 heteroatoms. The monoisotopic (exact) mass is 244 g/mol. The van der Waals surface area contributed by atoms with E-state index in [1.807, 2.05) is 36.9 Å². The van der Waals surface area contributed by atoms with Crippen LogP contribution in [-0.4, -0.2) is 11.9 Å². The van der Waals surface area contributed by atoms with E-state index < -0.39 is 5.41 Å². The van der Waals surface area contributed by atoms with E-state index in [1.165, 1.54) is 12.8 Å². The average Bonchev–Trinajstić information content (AvgIpc) is 2.87. The van der Waals surface area contributed by atoms with Gasteiger partial charge in [-0.15, -0.1) is 0 Å². The summed E-state index contributed by atoms with van der Waals surface area (Å²) in [6.45, 7) is 4.03. The van der Waals surface area contributed by atoms with Crippen molar-refractivity contribution in [2.24, 2.45) is 0 Å². The molecule has 3 nitrogen and oxygen atoms in total. The van der Waals surface area contributed by atoms with Gasteiger partial charge in [0.15, 0.2) is 0 Å². The van der Waals surface area contributed by atoms with E-state index in [0.717, 1.165) is 29.8 Å². The van der Waals surface area contributed by atoms with Gasteiger partial charge < -0.3 is 10.6 Å². The lowest BCUT2D eigenvalue weighted by molar-refractivity contribution is -0.122. The Morgan fingerprint density at radius 3 is 2.61 bits per heavy atom. The lowest BCUT2D eigenvalue weighted by Crippen LogP contribution is -2.41. The van der Waals surface area contributed by atoms with Crippen molar-refractivity contribution in [2.75, 3.05) is 10.6 Å². The van der Waals surface area contributed by atoms with Crippen molar-refractivity contribution < 1.29 is 4.79 Å². The van der Waals surface area contributed by atoms with E-state index in [1.54, 1.807) is 0 Å². The third-order valence-corrected chi connectivity index (χ3v) is 4.40. The van der Waals surface area contributed by atoms with Crippen molar-refractivity contribution in [1.82, 2.24) is 0 Å². The number of anilines is 2. The second kappa shape index (κ2) is 3.74. The van der Waals surface area contributed by atoms with Gasteiger partial charge in [-0.2, -0.15) is 0 Å². The first-order valence-electron chi connectivity index (χ1n) is 6.75. The maximum atomic E-state index is 12.7. The van der Waals surface area contributed by atoms with Gasteiger partial charge in [0, 0.05) is 11.7 Å². The van der Waals surface area contributed by atoms with Crippen LogP contribution in [0.3, 0.4) is 0 Å². The summed E-state index contributed by atoms with van der Waals surface area (Å²) in [4.78, 5) is 14.7. The van der Waals surface area contributed by atoms with Crippen LogP contribution in [-0.2, 0) is 10.2 Å². The van der Waals surface area contributed by atoms with Gasteiger partial charge in [0.05, 0.1) is 11.1 Å². The molecule has 1 aromatic carbocycles. The van der Waals surface area contributed by atoms with Gasteiger partial charge in [-0.25, -0.2) is 0 Å². The Balaban J connectivity index is 2.11. The Kier molecular flexibility index (Phi) is 2.40. The van der Waals surface area contributed by atoms with E-state index in [0.29, 0.717) is 6.04 Å². The van der Waals surface area contributed by atoms with Crippen LogP contribution >= 0.6 is 0 Å². The molecule has 1 aliphatic carbocycles. The van der Waals surface area contributed by atoms with E-state index in [2.05, 4.69) is 0 Å². The summed E-state index contributed by atoms with van der Waals surface area (Å²) >= 11 is 0. The number of amides is 1. The van der Waals surface area contributed by atoms with Crippen LogP contribution < -0.4 is 10.6 Å². The maximum Gasteiger partial charge on any atom is 0.237 e. The quantitative estimate of drug-likeness (QED) is 0.772. The number of rotatable bonds is 1. The zero-order chi connectivity index (χ0) is 12.9. The van der Waals surface area contributed by atoms with E-state index >= 15 is 0 Å². The van der Waals surface area contributed by atoms with Crippen LogP contribution in [0.5, 0.6) is 0 Å². The van der Waals surface area contributed by atoms with Crippen molar-refractivity contribution in [3.05, 3.63) is 23.8 Å². The summed E-state index contributed by atoms with van der Waals surface area (Å²) in [6, 6.07) is 6.24. The zero-order valence-electron chi connectivity index (χ0n) is 11.1. The van der Waals surface area contributed by atoms with Gasteiger partial charge in [0.1, 0.15) is 0 Å². The van der Waals surface area contributed by atoms with Crippen molar-refractivity contribution in [3.63, 3.8) is 0 Å². The van der Waals surface area contributed by atoms with Crippen LogP contribution in [0.1, 0.15) is 45.1 Å². The third kappa shape index (κ3) is 1.46. The fraction of sp³-hybridized carbons (Fsp3) is 0.533. The Labute approximate surface area is 108 Å². The van der Waals surface area contributed by atoms with E-state index in [9.17, 15) is 4.79 Å². The number of hydrogen-bond donors (Lipinski definition) is 1. The molecule has 0 aromatic heterocycles. The predicted molar refractivity (Wildman–Crippen MR) is 73.6 cm³/mol. The number of nitrogen functional groups attached to an aromatic ring is 1. The fourth-order valence-electron chi connectivity index (χ4n) is 3.33. The highest BCUT2D eigenvalue weighted by molar-refractivity contribution is 6.08. The second-order valence-corrected chi connectivity index (χ2v) is 6.02. The number of carbonyl (C=O) groups excluding carboxylic acids is 1. The standard InChI is InChI=1S/C15H20N2O/c1-15(2)12-8-7-10(16)9-13(12)17(14(15)18)11-5-3-4-6-11/h7-9,11H,3-6,16H2,1-2H3. The number of carbonyl (C=O) groups is 1. The minimum Gasteiger partial charge on any atom is -0.399 e. The van der Waals surface area contributed by atoms with Crippen LogP contribution in [0.15, 0.2) is 18.2 Å². The Morgan fingerprint density at radius 2 is 1.94 bits per heavy atom. The first-order chi connectivity index (χ1) is 8.51. The molecule has 0 saturated heterocycles. The summed E-state index contributed by atoms with van der Waals surface area (Å²) in [6.07, 6.45) is 4.70. The Hall–Kier alpha value is -1.51. The molecule has 2 aliphatic rings. The zero-order valence-corrected chi connectivity index (χ0v) is 11.1. The molecule has 1 aliphatic heterocycles. The normalized spacial score (nSPS) is 22.6. The maximum absolute atomic E-state index is 12.7. The fourth-order valence-corrected chi connectivity index (χ4v) is 3.33.